The Kier molecular flexibility index (Phi) is 3.60. The molecule has 3 heteroatoms. The van der Waals surface area contributed by atoms with Crippen molar-refractivity contribution in [3.05, 3.63) is 54.2 Å². The molecule has 0 unspecified atom stereocenters. The fraction of sp³-hybridized carbons (Fsp3) is 0.211. The first-order valence-corrected chi connectivity index (χ1v) is 7.47. The third kappa shape index (κ3) is 2.56. The molecule has 110 valence electrons. The van der Waals surface area contributed by atoms with Gasteiger partial charge in [0.05, 0.1) is 17.1 Å². The van der Waals surface area contributed by atoms with Crippen molar-refractivity contribution in [3.63, 3.8) is 0 Å². The number of nitrogens with zero attached hydrogens (tertiary/aromatic N) is 2. The average molecular weight is 289 g/mol. The number of nitriles is 1. The zero-order valence-electron chi connectivity index (χ0n) is 12.9. The van der Waals surface area contributed by atoms with E-state index in [4.69, 9.17) is 11.0 Å². The second-order valence-electron chi connectivity index (χ2n) is 6.06. The molecule has 3 nitrogen and oxygen atoms in total. The van der Waals surface area contributed by atoms with E-state index in [9.17, 15) is 0 Å². The minimum atomic E-state index is 0.551. The Morgan fingerprint density at radius 3 is 2.73 bits per heavy atom. The maximum Gasteiger partial charge on any atom is 0.0991 e. The lowest BCUT2D eigenvalue weighted by molar-refractivity contribution is 0.535. The van der Waals surface area contributed by atoms with Gasteiger partial charge in [-0.3, -0.25) is 0 Å². The molecule has 0 saturated carbocycles. The van der Waals surface area contributed by atoms with E-state index in [0.29, 0.717) is 11.5 Å². The summed E-state index contributed by atoms with van der Waals surface area (Å²) in [5, 5.41) is 10.3. The van der Waals surface area contributed by atoms with Gasteiger partial charge in [-0.05, 0) is 35.7 Å². The summed E-state index contributed by atoms with van der Waals surface area (Å²) < 4.78 is 2.25. The van der Waals surface area contributed by atoms with E-state index in [1.165, 1.54) is 5.39 Å². The van der Waals surface area contributed by atoms with Gasteiger partial charge in [-0.1, -0.05) is 32.0 Å². The lowest BCUT2D eigenvalue weighted by Crippen LogP contribution is -2.02. The minimum Gasteiger partial charge on any atom is -0.399 e. The number of nitrogens with two attached hydrogens (primary N) is 1. The van der Waals surface area contributed by atoms with Crippen LogP contribution in [0, 0.1) is 17.2 Å². The van der Waals surface area contributed by atoms with E-state index in [-0.39, 0.29) is 0 Å². The van der Waals surface area contributed by atoms with E-state index < -0.39 is 0 Å². The molecular weight excluding hydrogens is 270 g/mol. The van der Waals surface area contributed by atoms with Gasteiger partial charge >= 0.3 is 0 Å². The molecule has 22 heavy (non-hydrogen) atoms. The zero-order chi connectivity index (χ0) is 15.7. The van der Waals surface area contributed by atoms with Crippen LogP contribution in [0.15, 0.2) is 48.7 Å². The third-order valence-corrected chi connectivity index (χ3v) is 3.77. The minimum absolute atomic E-state index is 0.551. The number of hydrogen-bond donors (Lipinski definition) is 1. The summed E-state index contributed by atoms with van der Waals surface area (Å²) in [6.45, 7) is 5.35. The van der Waals surface area contributed by atoms with Gasteiger partial charge in [0.15, 0.2) is 0 Å². The van der Waals surface area contributed by atoms with Crippen LogP contribution in [-0.4, -0.2) is 4.57 Å². The highest BCUT2D eigenvalue weighted by Crippen LogP contribution is 2.32. The Labute approximate surface area is 130 Å². The van der Waals surface area contributed by atoms with Crippen LogP contribution in [0.25, 0.3) is 22.0 Å². The highest BCUT2D eigenvalue weighted by Gasteiger charge is 2.12. The van der Waals surface area contributed by atoms with Gasteiger partial charge < -0.3 is 10.3 Å². The maximum absolute atomic E-state index is 9.11. The highest BCUT2D eigenvalue weighted by molar-refractivity contribution is 5.97. The predicted octanol–water partition coefficient (Wildman–Crippen LogP) is 4.42. The Morgan fingerprint density at radius 1 is 1.18 bits per heavy atom. The van der Waals surface area contributed by atoms with Crippen molar-refractivity contribution < 1.29 is 0 Å². The predicted molar refractivity (Wildman–Crippen MR) is 91.3 cm³/mol. The van der Waals surface area contributed by atoms with Gasteiger partial charge in [0.1, 0.15) is 0 Å². The van der Waals surface area contributed by atoms with E-state index in [1.54, 1.807) is 0 Å². The van der Waals surface area contributed by atoms with E-state index in [0.717, 1.165) is 28.9 Å². The fourth-order valence-corrected chi connectivity index (χ4v) is 2.84. The van der Waals surface area contributed by atoms with Crippen LogP contribution < -0.4 is 5.73 Å². The van der Waals surface area contributed by atoms with Crippen molar-refractivity contribution in [1.82, 2.24) is 4.57 Å². The van der Waals surface area contributed by atoms with Crippen LogP contribution in [0.1, 0.15) is 19.4 Å². The molecule has 2 aromatic carbocycles. The summed E-state index contributed by atoms with van der Waals surface area (Å²) in [6, 6.07) is 16.0. The van der Waals surface area contributed by atoms with E-state index in [2.05, 4.69) is 36.7 Å². The summed E-state index contributed by atoms with van der Waals surface area (Å²) in [5.74, 6) is 0.551. The van der Waals surface area contributed by atoms with Crippen molar-refractivity contribution >= 4 is 16.6 Å². The standard InChI is InChI=1S/C19H19N3/c1-13(2)11-22-12-18(15-5-3-4-14(8-15)10-20)17-7-6-16(21)9-19(17)22/h3-9,12-13H,11,21H2,1-2H3. The smallest absolute Gasteiger partial charge is 0.0991 e. The maximum atomic E-state index is 9.11. The summed E-state index contributed by atoms with van der Waals surface area (Å²) >= 11 is 0. The Bertz CT molecular complexity index is 866. The topological polar surface area (TPSA) is 54.7 Å². The first-order valence-electron chi connectivity index (χ1n) is 7.47. The number of aromatic nitrogens is 1. The molecule has 0 saturated heterocycles. The third-order valence-electron chi connectivity index (χ3n) is 3.77. The average Bonchev–Trinajstić information content (AvgIpc) is 2.85. The van der Waals surface area contributed by atoms with Crippen molar-refractivity contribution in [2.45, 2.75) is 20.4 Å². The SMILES string of the molecule is CC(C)Cn1cc(-c2cccc(C#N)c2)c2ccc(N)cc21. The molecule has 0 aliphatic rings. The number of fused-ring (bicyclic) bond motifs is 1. The normalized spacial score (nSPS) is 11.0. The van der Waals surface area contributed by atoms with Crippen LogP contribution in [0.2, 0.25) is 0 Å². The summed E-state index contributed by atoms with van der Waals surface area (Å²) in [6.07, 6.45) is 2.17. The van der Waals surface area contributed by atoms with Gasteiger partial charge in [0.2, 0.25) is 0 Å². The van der Waals surface area contributed by atoms with E-state index >= 15 is 0 Å². The Hall–Kier alpha value is -2.73. The molecule has 3 aromatic rings. The number of nitrogen functional groups attached to an aromatic ring is 1. The number of anilines is 1. The lowest BCUT2D eigenvalue weighted by atomic mass is 10.0. The van der Waals surface area contributed by atoms with Crippen LogP contribution in [0.3, 0.4) is 0 Å². The first-order chi connectivity index (χ1) is 10.6. The largest absolute Gasteiger partial charge is 0.399 e. The van der Waals surface area contributed by atoms with Crippen LogP contribution in [0.5, 0.6) is 0 Å². The molecule has 0 fully saturated rings. The molecule has 0 spiro atoms. The molecule has 2 N–H and O–H groups in total. The van der Waals surface area contributed by atoms with Gasteiger partial charge in [0.25, 0.3) is 0 Å². The monoisotopic (exact) mass is 289 g/mol. The number of benzene rings is 2. The Morgan fingerprint density at radius 2 is 2.00 bits per heavy atom. The molecule has 0 bridgehead atoms. The number of hydrogen-bond acceptors (Lipinski definition) is 2. The molecule has 0 aliphatic carbocycles. The Balaban J connectivity index is 2.23. The molecule has 1 aromatic heterocycles. The quantitative estimate of drug-likeness (QED) is 0.726. The molecule has 0 atom stereocenters. The van der Waals surface area contributed by atoms with E-state index in [1.807, 2.05) is 36.4 Å². The summed E-state index contributed by atoms with van der Waals surface area (Å²) in [4.78, 5) is 0. The van der Waals surface area contributed by atoms with Gasteiger partial charge in [0, 0.05) is 29.4 Å². The lowest BCUT2D eigenvalue weighted by Gasteiger charge is -2.08. The van der Waals surface area contributed by atoms with Crippen LogP contribution in [-0.2, 0) is 6.54 Å². The second-order valence-corrected chi connectivity index (χ2v) is 6.06. The summed E-state index contributed by atoms with van der Waals surface area (Å²) in [5.41, 5.74) is 10.8. The van der Waals surface area contributed by atoms with Gasteiger partial charge in [-0.25, -0.2) is 0 Å². The molecule has 0 radical (unpaired) electrons. The molecule has 0 aliphatic heterocycles. The van der Waals surface area contributed by atoms with Crippen LogP contribution in [0.4, 0.5) is 5.69 Å². The fourth-order valence-electron chi connectivity index (χ4n) is 2.84. The van der Waals surface area contributed by atoms with Crippen molar-refractivity contribution in [2.75, 3.05) is 5.73 Å². The van der Waals surface area contributed by atoms with Gasteiger partial charge in [-0.2, -0.15) is 5.26 Å². The highest BCUT2D eigenvalue weighted by atomic mass is 15.0. The second kappa shape index (κ2) is 5.57. The first kappa shape index (κ1) is 14.2. The zero-order valence-corrected chi connectivity index (χ0v) is 12.9. The summed E-state index contributed by atoms with van der Waals surface area (Å²) in [7, 11) is 0. The molecule has 1 heterocycles. The molecular formula is C19H19N3. The van der Waals surface area contributed by atoms with Crippen molar-refractivity contribution in [2.24, 2.45) is 5.92 Å². The van der Waals surface area contributed by atoms with Crippen LogP contribution >= 0.6 is 0 Å². The molecule has 0 amide bonds. The van der Waals surface area contributed by atoms with Crippen molar-refractivity contribution in [3.8, 4) is 17.2 Å². The van der Waals surface area contributed by atoms with Gasteiger partial charge in [-0.15, -0.1) is 0 Å². The molecule has 3 rings (SSSR count). The number of rotatable bonds is 3. The van der Waals surface area contributed by atoms with Crippen molar-refractivity contribution in [1.29, 1.82) is 5.26 Å².